The standard InChI is InChI=1S/C26H38N4O4S/c1-17-6-8-20(9-7-17)24-28-25(31)26(29-24)11-13-30(14-12-26)35(32,33)15-10-21-18(2)16-22(27-4)23(34-5)19(21)3/h10,15-17,20,27H,6-9,11-14H2,1-5H3,(H,28,29,31)/b15-10+/t17-,20-. The summed E-state index contributed by atoms with van der Waals surface area (Å²) >= 11 is 0. The van der Waals surface area contributed by atoms with E-state index < -0.39 is 15.6 Å². The minimum Gasteiger partial charge on any atom is -0.494 e. The van der Waals surface area contributed by atoms with Crippen LogP contribution < -0.4 is 15.4 Å². The zero-order valence-corrected chi connectivity index (χ0v) is 22.3. The van der Waals surface area contributed by atoms with E-state index in [0.717, 1.165) is 59.8 Å². The molecule has 3 aliphatic rings. The van der Waals surface area contributed by atoms with Crippen molar-refractivity contribution in [3.63, 3.8) is 0 Å². The summed E-state index contributed by atoms with van der Waals surface area (Å²) in [6.07, 6.45) is 6.89. The Morgan fingerprint density at radius 3 is 2.46 bits per heavy atom. The number of aliphatic imine (C=N–C) groups is 1. The predicted molar refractivity (Wildman–Crippen MR) is 140 cm³/mol. The first-order valence-electron chi connectivity index (χ1n) is 12.6. The van der Waals surface area contributed by atoms with Crippen molar-refractivity contribution < 1.29 is 17.9 Å². The second-order valence-corrected chi connectivity index (χ2v) is 12.1. The second-order valence-electron chi connectivity index (χ2n) is 10.2. The number of piperidine rings is 1. The molecule has 192 valence electrons. The molecule has 2 fully saturated rings. The Hall–Kier alpha value is -2.39. The zero-order chi connectivity index (χ0) is 25.4. The number of nitrogens with zero attached hydrogens (tertiary/aromatic N) is 2. The fourth-order valence-electron chi connectivity index (χ4n) is 5.64. The van der Waals surface area contributed by atoms with Crippen LogP contribution in [0, 0.1) is 25.7 Å². The predicted octanol–water partition coefficient (Wildman–Crippen LogP) is 3.84. The maximum atomic E-state index is 13.1. The lowest BCUT2D eigenvalue weighted by Crippen LogP contribution is -2.50. The van der Waals surface area contributed by atoms with Gasteiger partial charge in [0, 0.05) is 37.0 Å². The Morgan fingerprint density at radius 2 is 1.86 bits per heavy atom. The molecule has 0 bridgehead atoms. The quantitative estimate of drug-likeness (QED) is 0.616. The minimum atomic E-state index is -3.64. The number of aryl methyl sites for hydroxylation is 1. The maximum Gasteiger partial charge on any atom is 0.253 e. The molecule has 0 atom stereocenters. The number of benzene rings is 1. The van der Waals surface area contributed by atoms with Crippen LogP contribution in [0.4, 0.5) is 5.69 Å². The molecule has 1 amide bonds. The third-order valence-electron chi connectivity index (χ3n) is 7.97. The molecular formula is C26H38N4O4S. The molecule has 1 aromatic rings. The highest BCUT2D eigenvalue weighted by atomic mass is 32.2. The molecule has 1 saturated carbocycles. The van der Waals surface area contributed by atoms with Gasteiger partial charge in [-0.3, -0.25) is 9.79 Å². The van der Waals surface area contributed by atoms with E-state index in [2.05, 4.69) is 17.6 Å². The van der Waals surface area contributed by atoms with Crippen LogP contribution in [0.5, 0.6) is 5.75 Å². The van der Waals surface area contributed by atoms with Crippen LogP contribution in [0.2, 0.25) is 0 Å². The summed E-state index contributed by atoms with van der Waals surface area (Å²) in [6, 6.07) is 1.95. The van der Waals surface area contributed by atoms with E-state index >= 15 is 0 Å². The van der Waals surface area contributed by atoms with Crippen molar-refractivity contribution in [3.05, 3.63) is 28.2 Å². The van der Waals surface area contributed by atoms with Gasteiger partial charge in [-0.1, -0.05) is 19.8 Å². The summed E-state index contributed by atoms with van der Waals surface area (Å²) in [4.78, 5) is 17.8. The molecule has 2 heterocycles. The molecule has 0 radical (unpaired) electrons. The Morgan fingerprint density at radius 1 is 1.20 bits per heavy atom. The van der Waals surface area contributed by atoms with Crippen molar-refractivity contribution in [3.8, 4) is 5.75 Å². The molecule has 8 nitrogen and oxygen atoms in total. The number of amides is 1. The van der Waals surface area contributed by atoms with Crippen molar-refractivity contribution in [2.45, 2.75) is 64.8 Å². The average molecular weight is 503 g/mol. The highest BCUT2D eigenvalue weighted by molar-refractivity contribution is 7.92. The van der Waals surface area contributed by atoms with E-state index in [-0.39, 0.29) is 19.0 Å². The van der Waals surface area contributed by atoms with Gasteiger partial charge in [0.25, 0.3) is 5.91 Å². The number of carbonyl (C=O) groups is 1. The Labute approximate surface area is 209 Å². The number of hydrogen-bond donors (Lipinski definition) is 2. The molecule has 1 saturated heterocycles. The number of anilines is 1. The summed E-state index contributed by atoms with van der Waals surface area (Å²) < 4.78 is 33.3. The summed E-state index contributed by atoms with van der Waals surface area (Å²) in [5, 5.41) is 7.43. The van der Waals surface area contributed by atoms with E-state index in [1.54, 1.807) is 13.2 Å². The van der Waals surface area contributed by atoms with E-state index in [9.17, 15) is 13.2 Å². The molecule has 0 unspecified atom stereocenters. The Kier molecular flexibility index (Phi) is 7.29. The van der Waals surface area contributed by atoms with Gasteiger partial charge in [-0.2, -0.15) is 4.31 Å². The third-order valence-corrected chi connectivity index (χ3v) is 9.53. The lowest BCUT2D eigenvalue weighted by atomic mass is 9.82. The number of nitrogens with one attached hydrogen (secondary N) is 2. The van der Waals surface area contributed by atoms with Gasteiger partial charge in [0.05, 0.1) is 12.8 Å². The van der Waals surface area contributed by atoms with Crippen LogP contribution in [0.25, 0.3) is 6.08 Å². The molecule has 4 rings (SSSR count). The molecule has 35 heavy (non-hydrogen) atoms. The van der Waals surface area contributed by atoms with Gasteiger partial charge in [-0.25, -0.2) is 8.42 Å². The monoisotopic (exact) mass is 502 g/mol. The SMILES string of the molecule is CNc1cc(C)c(/C=C/S(=O)(=O)N2CCC3(CC2)N=C([C@H]2CC[C@H](C)CC2)NC3=O)c(C)c1OC. The normalized spacial score (nSPS) is 25.1. The number of ether oxygens (including phenoxy) is 1. The van der Waals surface area contributed by atoms with Crippen molar-refractivity contribution in [1.29, 1.82) is 0 Å². The average Bonchev–Trinajstić information content (AvgIpc) is 3.14. The number of rotatable bonds is 6. The number of sulfonamides is 1. The van der Waals surface area contributed by atoms with Gasteiger partial charge in [0.1, 0.15) is 17.1 Å². The van der Waals surface area contributed by atoms with Crippen LogP contribution in [0.1, 0.15) is 62.1 Å². The maximum absolute atomic E-state index is 13.1. The van der Waals surface area contributed by atoms with E-state index in [4.69, 9.17) is 9.73 Å². The van der Waals surface area contributed by atoms with E-state index in [1.165, 1.54) is 9.71 Å². The van der Waals surface area contributed by atoms with Crippen molar-refractivity contribution >= 4 is 33.5 Å². The van der Waals surface area contributed by atoms with Crippen LogP contribution in [-0.4, -0.2) is 57.3 Å². The van der Waals surface area contributed by atoms with Crippen molar-refractivity contribution in [2.75, 3.05) is 32.6 Å². The fraction of sp³-hybridized carbons (Fsp3) is 0.615. The largest absolute Gasteiger partial charge is 0.494 e. The summed E-state index contributed by atoms with van der Waals surface area (Å²) in [5.74, 6) is 2.50. The molecule has 1 aliphatic carbocycles. The van der Waals surface area contributed by atoms with Crippen LogP contribution >= 0.6 is 0 Å². The van der Waals surface area contributed by atoms with Gasteiger partial charge in [-0.05, 0) is 68.7 Å². The number of amidine groups is 1. The lowest BCUT2D eigenvalue weighted by molar-refractivity contribution is -0.124. The number of carbonyl (C=O) groups excluding carboxylic acids is 1. The minimum absolute atomic E-state index is 0.0679. The number of methoxy groups -OCH3 is 1. The number of hydrogen-bond acceptors (Lipinski definition) is 6. The smallest absolute Gasteiger partial charge is 0.253 e. The van der Waals surface area contributed by atoms with Gasteiger partial charge in [0.15, 0.2) is 0 Å². The van der Waals surface area contributed by atoms with Crippen LogP contribution in [-0.2, 0) is 14.8 Å². The molecule has 9 heteroatoms. The lowest BCUT2D eigenvalue weighted by Gasteiger charge is -2.34. The molecule has 1 spiro atoms. The topological polar surface area (TPSA) is 100 Å². The first-order chi connectivity index (χ1) is 16.6. The van der Waals surface area contributed by atoms with Gasteiger partial charge < -0.3 is 15.4 Å². The van der Waals surface area contributed by atoms with Gasteiger partial charge >= 0.3 is 0 Å². The van der Waals surface area contributed by atoms with Gasteiger partial charge in [0.2, 0.25) is 10.0 Å². The molecule has 1 aromatic carbocycles. The highest BCUT2D eigenvalue weighted by Gasteiger charge is 2.48. The van der Waals surface area contributed by atoms with Gasteiger partial charge in [-0.15, -0.1) is 0 Å². The fourth-order valence-corrected chi connectivity index (χ4v) is 6.82. The summed E-state index contributed by atoms with van der Waals surface area (Å²) in [6.45, 7) is 6.70. The second kappa shape index (κ2) is 9.93. The highest BCUT2D eigenvalue weighted by Crippen LogP contribution is 2.37. The Balaban J connectivity index is 1.47. The Bertz CT molecular complexity index is 1140. The summed E-state index contributed by atoms with van der Waals surface area (Å²) in [7, 11) is -0.206. The molecule has 0 aromatic heterocycles. The molecule has 2 aliphatic heterocycles. The van der Waals surface area contributed by atoms with Crippen molar-refractivity contribution in [1.82, 2.24) is 9.62 Å². The molecule has 2 N–H and O–H groups in total. The molecular weight excluding hydrogens is 464 g/mol. The van der Waals surface area contributed by atoms with Crippen molar-refractivity contribution in [2.24, 2.45) is 16.8 Å². The van der Waals surface area contributed by atoms with Crippen LogP contribution in [0.15, 0.2) is 16.5 Å². The summed E-state index contributed by atoms with van der Waals surface area (Å²) in [5.41, 5.74) is 2.70. The third kappa shape index (κ3) is 4.98. The van der Waals surface area contributed by atoms with E-state index in [1.807, 2.05) is 27.0 Å². The van der Waals surface area contributed by atoms with E-state index in [0.29, 0.717) is 24.5 Å². The zero-order valence-electron chi connectivity index (χ0n) is 21.5. The first kappa shape index (κ1) is 25.7. The first-order valence-corrected chi connectivity index (χ1v) is 14.1. The van der Waals surface area contributed by atoms with Crippen LogP contribution in [0.3, 0.4) is 0 Å².